The zero-order valence-electron chi connectivity index (χ0n) is 10.6. The molecule has 0 aromatic rings. The molecular weight excluding hydrogens is 202 g/mol. The summed E-state index contributed by atoms with van der Waals surface area (Å²) < 4.78 is 0. The topological polar surface area (TPSA) is 40.5 Å². The van der Waals surface area contributed by atoms with E-state index in [2.05, 4.69) is 13.8 Å². The van der Waals surface area contributed by atoms with Crippen LogP contribution in [0.15, 0.2) is 0 Å². The lowest BCUT2D eigenvalue weighted by Crippen LogP contribution is -2.31. The molecule has 0 aromatic heterocycles. The fourth-order valence-electron chi connectivity index (χ4n) is 2.38. The minimum atomic E-state index is 0.233. The predicted molar refractivity (Wildman–Crippen MR) is 65.1 cm³/mol. The molecule has 1 saturated heterocycles. The quantitative estimate of drug-likeness (QED) is 0.730. The molecule has 0 bridgehead atoms. The highest BCUT2D eigenvalue weighted by atomic mass is 16.2. The number of likely N-dealkylation sites (tertiary alicyclic amines) is 1. The van der Waals surface area contributed by atoms with Crippen LogP contribution in [0.5, 0.6) is 0 Å². The second kappa shape index (κ2) is 6.89. The first kappa shape index (κ1) is 13.5. The van der Waals surface area contributed by atoms with Crippen LogP contribution in [0.3, 0.4) is 0 Å². The molecule has 1 atom stereocenters. The van der Waals surface area contributed by atoms with Crippen molar-refractivity contribution in [3.63, 3.8) is 0 Å². The Hall–Kier alpha value is -0.570. The van der Waals surface area contributed by atoms with E-state index in [1.165, 1.54) is 0 Å². The van der Waals surface area contributed by atoms with Crippen molar-refractivity contribution in [1.29, 1.82) is 0 Å². The van der Waals surface area contributed by atoms with Crippen molar-refractivity contribution in [3.05, 3.63) is 0 Å². The molecule has 1 aliphatic rings. The van der Waals surface area contributed by atoms with E-state index in [1.54, 1.807) is 0 Å². The third-order valence-electron chi connectivity index (χ3n) is 3.63. The zero-order valence-corrected chi connectivity index (χ0v) is 10.6. The van der Waals surface area contributed by atoms with Gasteiger partial charge in [0.05, 0.1) is 0 Å². The van der Waals surface area contributed by atoms with E-state index < -0.39 is 0 Å². The highest BCUT2D eigenvalue weighted by molar-refractivity contribution is 5.76. The molecule has 1 aliphatic heterocycles. The summed E-state index contributed by atoms with van der Waals surface area (Å²) in [6.07, 6.45) is 4.63. The zero-order chi connectivity index (χ0) is 12.0. The SMILES string of the molecule is CC(C)C1CCC(=O)N(CCCCO)CC1. The Bertz CT molecular complexity index is 216. The Morgan fingerprint density at radius 2 is 2.12 bits per heavy atom. The molecule has 0 aromatic carbocycles. The summed E-state index contributed by atoms with van der Waals surface area (Å²) in [6, 6.07) is 0. The van der Waals surface area contributed by atoms with Crippen LogP contribution in [0.25, 0.3) is 0 Å². The highest BCUT2D eigenvalue weighted by Gasteiger charge is 2.23. The fourth-order valence-corrected chi connectivity index (χ4v) is 2.38. The Kier molecular flexibility index (Phi) is 5.81. The number of rotatable bonds is 5. The van der Waals surface area contributed by atoms with E-state index >= 15 is 0 Å². The first-order valence-corrected chi connectivity index (χ1v) is 6.53. The standard InChI is InChI=1S/C13H25NO2/c1-11(2)12-5-6-13(16)14(9-7-12)8-3-4-10-15/h11-12,15H,3-10H2,1-2H3. The Balaban J connectivity index is 2.38. The van der Waals surface area contributed by atoms with Crippen molar-refractivity contribution in [1.82, 2.24) is 4.90 Å². The summed E-state index contributed by atoms with van der Waals surface area (Å²) >= 11 is 0. The van der Waals surface area contributed by atoms with Crippen molar-refractivity contribution in [3.8, 4) is 0 Å². The summed E-state index contributed by atoms with van der Waals surface area (Å²) in [5, 5.41) is 8.73. The monoisotopic (exact) mass is 227 g/mol. The van der Waals surface area contributed by atoms with Gasteiger partial charge in [0.1, 0.15) is 0 Å². The molecule has 0 radical (unpaired) electrons. The van der Waals surface area contributed by atoms with Gasteiger partial charge in [0, 0.05) is 26.1 Å². The third kappa shape index (κ3) is 4.12. The van der Waals surface area contributed by atoms with E-state index in [0.29, 0.717) is 24.2 Å². The smallest absolute Gasteiger partial charge is 0.222 e. The maximum atomic E-state index is 11.8. The van der Waals surface area contributed by atoms with Crippen LogP contribution in [-0.2, 0) is 4.79 Å². The van der Waals surface area contributed by atoms with Gasteiger partial charge < -0.3 is 10.0 Å². The number of unbranched alkanes of at least 4 members (excludes halogenated alkanes) is 1. The second-order valence-corrected chi connectivity index (χ2v) is 5.14. The normalized spacial score (nSPS) is 22.6. The van der Waals surface area contributed by atoms with Gasteiger partial charge in [0.2, 0.25) is 5.91 Å². The van der Waals surface area contributed by atoms with Gasteiger partial charge >= 0.3 is 0 Å². The van der Waals surface area contributed by atoms with E-state index in [-0.39, 0.29) is 6.61 Å². The summed E-state index contributed by atoms with van der Waals surface area (Å²) in [6.45, 7) is 6.46. The van der Waals surface area contributed by atoms with Crippen LogP contribution >= 0.6 is 0 Å². The number of amides is 1. The van der Waals surface area contributed by atoms with Gasteiger partial charge in [0.25, 0.3) is 0 Å². The van der Waals surface area contributed by atoms with Gasteiger partial charge in [-0.2, -0.15) is 0 Å². The molecule has 0 spiro atoms. The van der Waals surface area contributed by atoms with Crippen molar-refractivity contribution >= 4 is 5.91 Å². The molecule has 94 valence electrons. The maximum absolute atomic E-state index is 11.8. The lowest BCUT2D eigenvalue weighted by atomic mass is 9.89. The Morgan fingerprint density at radius 1 is 1.38 bits per heavy atom. The van der Waals surface area contributed by atoms with Gasteiger partial charge in [-0.1, -0.05) is 13.8 Å². The van der Waals surface area contributed by atoms with Crippen LogP contribution in [0.4, 0.5) is 0 Å². The molecule has 1 N–H and O–H groups in total. The summed E-state index contributed by atoms with van der Waals surface area (Å²) in [5.74, 6) is 1.69. The minimum absolute atomic E-state index is 0.233. The van der Waals surface area contributed by atoms with Gasteiger partial charge in [0.15, 0.2) is 0 Å². The molecular formula is C13H25NO2. The average Bonchev–Trinajstić information content (AvgIpc) is 2.42. The molecule has 3 heteroatoms. The number of carbonyl (C=O) groups excluding carboxylic acids is 1. The van der Waals surface area contributed by atoms with Crippen molar-refractivity contribution < 1.29 is 9.90 Å². The van der Waals surface area contributed by atoms with Crippen molar-refractivity contribution in [2.75, 3.05) is 19.7 Å². The lowest BCUT2D eigenvalue weighted by molar-refractivity contribution is -0.130. The third-order valence-corrected chi connectivity index (χ3v) is 3.63. The van der Waals surface area contributed by atoms with Crippen LogP contribution in [0.1, 0.15) is 46.0 Å². The van der Waals surface area contributed by atoms with Crippen LogP contribution < -0.4 is 0 Å². The van der Waals surface area contributed by atoms with Crippen LogP contribution in [0, 0.1) is 11.8 Å². The molecule has 1 fully saturated rings. The number of hydrogen-bond acceptors (Lipinski definition) is 2. The number of nitrogens with zero attached hydrogens (tertiary/aromatic N) is 1. The van der Waals surface area contributed by atoms with Crippen LogP contribution in [-0.4, -0.2) is 35.6 Å². The largest absolute Gasteiger partial charge is 0.396 e. The van der Waals surface area contributed by atoms with Crippen LogP contribution in [0.2, 0.25) is 0 Å². The van der Waals surface area contributed by atoms with E-state index in [4.69, 9.17) is 5.11 Å². The maximum Gasteiger partial charge on any atom is 0.222 e. The summed E-state index contributed by atoms with van der Waals surface area (Å²) in [7, 11) is 0. The van der Waals surface area contributed by atoms with E-state index in [0.717, 1.165) is 38.8 Å². The molecule has 1 unspecified atom stereocenters. The summed E-state index contributed by atoms with van der Waals surface area (Å²) in [4.78, 5) is 13.8. The highest BCUT2D eigenvalue weighted by Crippen LogP contribution is 2.25. The average molecular weight is 227 g/mol. The van der Waals surface area contributed by atoms with E-state index in [9.17, 15) is 4.79 Å². The molecule has 0 aliphatic carbocycles. The van der Waals surface area contributed by atoms with Gasteiger partial charge in [-0.25, -0.2) is 0 Å². The molecule has 0 saturated carbocycles. The Labute approximate surface area is 98.8 Å². The minimum Gasteiger partial charge on any atom is -0.396 e. The Morgan fingerprint density at radius 3 is 2.75 bits per heavy atom. The summed E-state index contributed by atoms with van der Waals surface area (Å²) in [5.41, 5.74) is 0. The second-order valence-electron chi connectivity index (χ2n) is 5.14. The van der Waals surface area contributed by atoms with E-state index in [1.807, 2.05) is 4.90 Å². The van der Waals surface area contributed by atoms with Gasteiger partial charge in [-0.15, -0.1) is 0 Å². The fraction of sp³-hybridized carbons (Fsp3) is 0.923. The number of aliphatic hydroxyl groups is 1. The number of carbonyl (C=O) groups is 1. The van der Waals surface area contributed by atoms with Crippen molar-refractivity contribution in [2.45, 2.75) is 46.0 Å². The predicted octanol–water partition coefficient (Wildman–Crippen LogP) is 2.04. The van der Waals surface area contributed by atoms with Gasteiger partial charge in [-0.05, 0) is 37.5 Å². The molecule has 1 rings (SSSR count). The lowest BCUT2D eigenvalue weighted by Gasteiger charge is -2.21. The first-order valence-electron chi connectivity index (χ1n) is 6.53. The molecule has 1 heterocycles. The first-order chi connectivity index (χ1) is 7.65. The van der Waals surface area contributed by atoms with Crippen molar-refractivity contribution in [2.24, 2.45) is 11.8 Å². The molecule has 3 nitrogen and oxygen atoms in total. The number of aliphatic hydroxyl groups excluding tert-OH is 1. The molecule has 16 heavy (non-hydrogen) atoms. The molecule has 1 amide bonds. The van der Waals surface area contributed by atoms with Gasteiger partial charge in [-0.3, -0.25) is 4.79 Å². The number of hydrogen-bond donors (Lipinski definition) is 1.